The van der Waals surface area contributed by atoms with Crippen LogP contribution in [-0.2, 0) is 6.54 Å². The van der Waals surface area contributed by atoms with Gasteiger partial charge in [-0.15, -0.1) is 0 Å². The standard InChI is InChI=1S/C27H28N4O2/c1-3-29-33-21-9-6-8-20(17-21)22-10-11-24(32-15-7-14-31-12-4-5-13-31)26-25(22)23-16-19(2)18-28-27(23)30-26/h4-6,8-13,16-18,29H,3,7,14-15H2,1-2H3,(H,28,30). The number of H-pyrrole nitrogens is 1. The minimum absolute atomic E-state index is 0.639. The number of hydroxylamine groups is 1. The molecule has 0 saturated heterocycles. The minimum Gasteiger partial charge on any atom is -0.491 e. The molecule has 0 amide bonds. The Kier molecular flexibility index (Phi) is 6.00. The van der Waals surface area contributed by atoms with Gasteiger partial charge in [0.15, 0.2) is 0 Å². The predicted octanol–water partition coefficient (Wildman–Crippen LogP) is 5.87. The Morgan fingerprint density at radius 3 is 2.79 bits per heavy atom. The second-order valence-corrected chi connectivity index (χ2v) is 8.15. The van der Waals surface area contributed by atoms with E-state index < -0.39 is 0 Å². The molecule has 5 rings (SSSR count). The fraction of sp³-hybridized carbons (Fsp3) is 0.222. The van der Waals surface area contributed by atoms with Gasteiger partial charge >= 0.3 is 0 Å². The first-order chi connectivity index (χ1) is 16.2. The number of ether oxygens (including phenoxy) is 1. The third-order valence-electron chi connectivity index (χ3n) is 5.67. The zero-order chi connectivity index (χ0) is 22.6. The molecule has 0 aliphatic carbocycles. The van der Waals surface area contributed by atoms with Crippen LogP contribution in [0.2, 0.25) is 0 Å². The Morgan fingerprint density at radius 2 is 1.94 bits per heavy atom. The third-order valence-corrected chi connectivity index (χ3v) is 5.67. The summed E-state index contributed by atoms with van der Waals surface area (Å²) in [7, 11) is 0. The van der Waals surface area contributed by atoms with E-state index in [4.69, 9.17) is 9.57 Å². The molecular formula is C27H28N4O2. The van der Waals surface area contributed by atoms with Crippen molar-refractivity contribution in [1.82, 2.24) is 20.0 Å². The SMILES string of the molecule is CCNOc1cccc(-c2ccc(OCCCn3cccc3)c3[nH]c4ncc(C)cc4c23)c1. The molecule has 3 aromatic heterocycles. The maximum atomic E-state index is 6.24. The smallest absolute Gasteiger partial charge is 0.147 e. The normalized spacial score (nSPS) is 11.3. The van der Waals surface area contributed by atoms with E-state index in [0.29, 0.717) is 6.61 Å². The van der Waals surface area contributed by atoms with Gasteiger partial charge in [-0.1, -0.05) is 12.1 Å². The molecule has 2 aromatic carbocycles. The van der Waals surface area contributed by atoms with Crippen molar-refractivity contribution in [3.63, 3.8) is 0 Å². The van der Waals surface area contributed by atoms with Gasteiger partial charge in [-0.3, -0.25) is 0 Å². The van der Waals surface area contributed by atoms with Crippen LogP contribution in [0.1, 0.15) is 18.9 Å². The maximum absolute atomic E-state index is 6.24. The van der Waals surface area contributed by atoms with Crippen molar-refractivity contribution in [3.8, 4) is 22.6 Å². The lowest BCUT2D eigenvalue weighted by Gasteiger charge is -2.12. The van der Waals surface area contributed by atoms with Crippen molar-refractivity contribution in [2.75, 3.05) is 13.2 Å². The van der Waals surface area contributed by atoms with Crippen molar-refractivity contribution < 1.29 is 9.57 Å². The van der Waals surface area contributed by atoms with Gasteiger partial charge in [-0.05, 0) is 79.4 Å². The van der Waals surface area contributed by atoms with Crippen LogP contribution < -0.4 is 15.1 Å². The van der Waals surface area contributed by atoms with Gasteiger partial charge < -0.3 is 19.1 Å². The number of nitrogens with zero attached hydrogens (tertiary/aromatic N) is 2. The number of aryl methyl sites for hydroxylation is 2. The van der Waals surface area contributed by atoms with E-state index in [1.54, 1.807) is 0 Å². The summed E-state index contributed by atoms with van der Waals surface area (Å²) >= 11 is 0. The van der Waals surface area contributed by atoms with Crippen molar-refractivity contribution in [1.29, 1.82) is 0 Å². The zero-order valence-electron chi connectivity index (χ0n) is 19.0. The van der Waals surface area contributed by atoms with E-state index in [0.717, 1.165) is 69.6 Å². The van der Waals surface area contributed by atoms with Crippen molar-refractivity contribution >= 4 is 21.9 Å². The van der Waals surface area contributed by atoms with Crippen molar-refractivity contribution in [3.05, 3.63) is 78.8 Å². The molecule has 0 spiro atoms. The summed E-state index contributed by atoms with van der Waals surface area (Å²) in [5.41, 5.74) is 8.07. The third kappa shape index (κ3) is 4.43. The van der Waals surface area contributed by atoms with E-state index >= 15 is 0 Å². The largest absolute Gasteiger partial charge is 0.491 e. The zero-order valence-corrected chi connectivity index (χ0v) is 19.0. The Bertz CT molecular complexity index is 1370. The molecule has 168 valence electrons. The summed E-state index contributed by atoms with van der Waals surface area (Å²) in [6.45, 7) is 6.38. The van der Waals surface area contributed by atoms with Gasteiger partial charge in [-0.25, -0.2) is 4.98 Å². The summed E-state index contributed by atoms with van der Waals surface area (Å²) in [6, 6.07) is 18.6. The Hall–Kier alpha value is -3.77. The number of aromatic nitrogens is 3. The lowest BCUT2D eigenvalue weighted by molar-refractivity contribution is 0.202. The average molecular weight is 441 g/mol. The molecule has 0 fully saturated rings. The quantitative estimate of drug-likeness (QED) is 0.222. The van der Waals surface area contributed by atoms with Gasteiger partial charge in [-0.2, -0.15) is 5.48 Å². The van der Waals surface area contributed by atoms with E-state index in [1.807, 2.05) is 43.5 Å². The average Bonchev–Trinajstić information content (AvgIpc) is 3.49. The molecule has 6 heteroatoms. The molecule has 0 saturated carbocycles. The number of hydrogen-bond acceptors (Lipinski definition) is 4. The number of pyridine rings is 1. The summed E-state index contributed by atoms with van der Waals surface area (Å²) in [5, 5.41) is 2.21. The van der Waals surface area contributed by atoms with Crippen LogP contribution in [0.25, 0.3) is 33.1 Å². The second kappa shape index (κ2) is 9.38. The fourth-order valence-electron chi connectivity index (χ4n) is 4.16. The first-order valence-corrected chi connectivity index (χ1v) is 11.4. The number of aromatic amines is 1. The minimum atomic E-state index is 0.639. The number of nitrogens with one attached hydrogen (secondary N) is 2. The first-order valence-electron chi connectivity index (χ1n) is 11.4. The molecule has 0 atom stereocenters. The fourth-order valence-corrected chi connectivity index (χ4v) is 4.16. The number of fused-ring (bicyclic) bond motifs is 3. The monoisotopic (exact) mass is 440 g/mol. The summed E-state index contributed by atoms with van der Waals surface area (Å²) in [5.74, 6) is 1.62. The molecule has 0 radical (unpaired) electrons. The van der Waals surface area contributed by atoms with Crippen LogP contribution in [0.4, 0.5) is 0 Å². The number of hydrogen-bond donors (Lipinski definition) is 2. The maximum Gasteiger partial charge on any atom is 0.147 e. The topological polar surface area (TPSA) is 64.1 Å². The lowest BCUT2D eigenvalue weighted by atomic mass is 9.99. The van der Waals surface area contributed by atoms with Crippen molar-refractivity contribution in [2.45, 2.75) is 26.8 Å². The highest BCUT2D eigenvalue weighted by molar-refractivity contribution is 6.15. The van der Waals surface area contributed by atoms with E-state index in [9.17, 15) is 0 Å². The highest BCUT2D eigenvalue weighted by Gasteiger charge is 2.16. The van der Waals surface area contributed by atoms with Gasteiger partial charge in [0.1, 0.15) is 17.1 Å². The lowest BCUT2D eigenvalue weighted by Crippen LogP contribution is -2.17. The predicted molar refractivity (Wildman–Crippen MR) is 133 cm³/mol. The number of rotatable bonds is 9. The molecule has 6 nitrogen and oxygen atoms in total. The molecule has 2 N–H and O–H groups in total. The summed E-state index contributed by atoms with van der Waals surface area (Å²) in [6.07, 6.45) is 6.97. The number of benzene rings is 2. The molecule has 33 heavy (non-hydrogen) atoms. The molecule has 0 unspecified atom stereocenters. The highest BCUT2D eigenvalue weighted by atomic mass is 16.6. The van der Waals surface area contributed by atoms with Crippen LogP contribution >= 0.6 is 0 Å². The molecule has 3 heterocycles. The Balaban J connectivity index is 1.52. The van der Waals surface area contributed by atoms with Crippen LogP contribution in [0.5, 0.6) is 11.5 Å². The Labute approximate surface area is 193 Å². The molecule has 0 aliphatic rings. The molecule has 5 aromatic rings. The molecule has 0 bridgehead atoms. The van der Waals surface area contributed by atoms with Gasteiger partial charge in [0.25, 0.3) is 0 Å². The van der Waals surface area contributed by atoms with Crippen molar-refractivity contribution in [2.24, 2.45) is 0 Å². The summed E-state index contributed by atoms with van der Waals surface area (Å²) in [4.78, 5) is 13.8. The van der Waals surface area contributed by atoms with E-state index in [2.05, 4.69) is 63.6 Å². The van der Waals surface area contributed by atoms with Crippen LogP contribution in [-0.4, -0.2) is 27.7 Å². The van der Waals surface area contributed by atoms with Gasteiger partial charge in [0.2, 0.25) is 0 Å². The second-order valence-electron chi connectivity index (χ2n) is 8.15. The van der Waals surface area contributed by atoms with E-state index in [-0.39, 0.29) is 0 Å². The summed E-state index contributed by atoms with van der Waals surface area (Å²) < 4.78 is 8.40. The Morgan fingerprint density at radius 1 is 1.06 bits per heavy atom. The van der Waals surface area contributed by atoms with Gasteiger partial charge in [0, 0.05) is 42.5 Å². The van der Waals surface area contributed by atoms with E-state index in [1.165, 1.54) is 0 Å². The van der Waals surface area contributed by atoms with Crippen LogP contribution in [0, 0.1) is 6.92 Å². The van der Waals surface area contributed by atoms with Crippen LogP contribution in [0.15, 0.2) is 73.2 Å². The highest BCUT2D eigenvalue weighted by Crippen LogP contribution is 2.39. The molecular weight excluding hydrogens is 412 g/mol. The first kappa shape index (κ1) is 21.1. The van der Waals surface area contributed by atoms with Crippen LogP contribution in [0.3, 0.4) is 0 Å². The molecule has 0 aliphatic heterocycles. The van der Waals surface area contributed by atoms with Gasteiger partial charge in [0.05, 0.1) is 12.1 Å².